The van der Waals surface area contributed by atoms with Crippen molar-refractivity contribution in [3.63, 3.8) is 0 Å². The molecule has 10 heteroatoms. The Labute approximate surface area is 182 Å². The highest BCUT2D eigenvalue weighted by atomic mass is 32.2. The summed E-state index contributed by atoms with van der Waals surface area (Å²) in [6.07, 6.45) is 0.673. The summed E-state index contributed by atoms with van der Waals surface area (Å²) >= 11 is 0. The van der Waals surface area contributed by atoms with Gasteiger partial charge in [-0.05, 0) is 41.8 Å². The molecule has 0 N–H and O–H groups in total. The van der Waals surface area contributed by atoms with Crippen LogP contribution in [-0.2, 0) is 23.0 Å². The minimum absolute atomic E-state index is 0.0736. The molecule has 0 saturated heterocycles. The number of nitro benzene ring substituents is 1. The van der Waals surface area contributed by atoms with Gasteiger partial charge in [-0.3, -0.25) is 10.1 Å². The van der Waals surface area contributed by atoms with Crippen LogP contribution in [0.4, 0.5) is 11.4 Å². The molecular formula is C21H27N3O6S. The van der Waals surface area contributed by atoms with Crippen LogP contribution < -0.4 is 14.4 Å². The zero-order valence-electron chi connectivity index (χ0n) is 18.1. The molecule has 0 atom stereocenters. The summed E-state index contributed by atoms with van der Waals surface area (Å²) in [5.74, 6) is 1.24. The highest BCUT2D eigenvalue weighted by Gasteiger charge is 2.29. The number of nitro groups is 1. The minimum Gasteiger partial charge on any atom is -0.493 e. The third-order valence-corrected chi connectivity index (χ3v) is 7.59. The molecule has 3 rings (SSSR count). The third kappa shape index (κ3) is 4.31. The SMILES string of the molecule is CCN(CC)S(=O)(=O)c1ccc(N2CCc3cc(OC)c(OC)cc3C2)c([N+](=O)[O-])c1. The first-order valence-electron chi connectivity index (χ1n) is 10.0. The maximum atomic E-state index is 12.8. The van der Waals surface area contributed by atoms with Crippen LogP contribution in [0.15, 0.2) is 35.2 Å². The molecule has 0 spiro atoms. The number of benzene rings is 2. The fourth-order valence-corrected chi connectivity index (χ4v) is 5.36. The number of nitrogens with zero attached hydrogens (tertiary/aromatic N) is 3. The number of rotatable bonds is 8. The van der Waals surface area contributed by atoms with Gasteiger partial charge in [0.05, 0.1) is 24.0 Å². The second-order valence-corrected chi connectivity index (χ2v) is 9.08. The van der Waals surface area contributed by atoms with Gasteiger partial charge in [-0.1, -0.05) is 13.8 Å². The summed E-state index contributed by atoms with van der Waals surface area (Å²) in [6, 6.07) is 7.94. The predicted octanol–water partition coefficient (Wildman–Crippen LogP) is 3.21. The maximum Gasteiger partial charge on any atom is 0.293 e. The molecule has 0 unspecified atom stereocenters. The average molecular weight is 450 g/mol. The predicted molar refractivity (Wildman–Crippen MR) is 118 cm³/mol. The second-order valence-electron chi connectivity index (χ2n) is 7.14. The van der Waals surface area contributed by atoms with E-state index in [1.807, 2.05) is 17.0 Å². The van der Waals surface area contributed by atoms with E-state index in [0.717, 1.165) is 17.2 Å². The van der Waals surface area contributed by atoms with Crippen molar-refractivity contribution < 1.29 is 22.8 Å². The van der Waals surface area contributed by atoms with Gasteiger partial charge in [-0.25, -0.2) is 8.42 Å². The average Bonchev–Trinajstić information content (AvgIpc) is 2.77. The Hall–Kier alpha value is -2.85. The van der Waals surface area contributed by atoms with E-state index in [2.05, 4.69) is 0 Å². The quantitative estimate of drug-likeness (QED) is 0.450. The van der Waals surface area contributed by atoms with E-state index in [0.29, 0.717) is 49.8 Å². The highest BCUT2D eigenvalue weighted by Crippen LogP contribution is 2.37. The van der Waals surface area contributed by atoms with Crippen LogP contribution in [0.2, 0.25) is 0 Å². The summed E-state index contributed by atoms with van der Waals surface area (Å²) in [7, 11) is -0.650. The van der Waals surface area contributed by atoms with Crippen LogP contribution in [0.1, 0.15) is 25.0 Å². The second kappa shape index (κ2) is 9.11. The van der Waals surface area contributed by atoms with E-state index < -0.39 is 14.9 Å². The van der Waals surface area contributed by atoms with Gasteiger partial charge in [0.2, 0.25) is 10.0 Å². The molecule has 0 aromatic heterocycles. The Morgan fingerprint density at radius 3 is 2.23 bits per heavy atom. The normalized spacial score (nSPS) is 13.8. The number of hydrogen-bond donors (Lipinski definition) is 0. The Bertz CT molecular complexity index is 1080. The van der Waals surface area contributed by atoms with Gasteiger partial charge in [-0.2, -0.15) is 4.31 Å². The fourth-order valence-electron chi connectivity index (χ4n) is 3.88. The van der Waals surface area contributed by atoms with Crippen LogP contribution in [-0.4, -0.2) is 51.5 Å². The van der Waals surface area contributed by atoms with Crippen LogP contribution in [0.3, 0.4) is 0 Å². The van der Waals surface area contributed by atoms with Crippen LogP contribution >= 0.6 is 0 Å². The van der Waals surface area contributed by atoms with Crippen LogP contribution in [0, 0.1) is 10.1 Å². The standard InChI is InChI=1S/C21H27N3O6S/c1-5-23(6-2)31(27,28)17-7-8-18(19(13-17)24(25)26)22-10-9-15-11-20(29-3)21(30-4)12-16(15)14-22/h7-8,11-13H,5-6,9-10,14H2,1-4H3. The Balaban J connectivity index is 2.00. The summed E-state index contributed by atoms with van der Waals surface area (Å²) in [4.78, 5) is 13.1. The van der Waals surface area contributed by atoms with Gasteiger partial charge < -0.3 is 14.4 Å². The number of methoxy groups -OCH3 is 2. The van der Waals surface area contributed by atoms with Crippen molar-refractivity contribution in [1.29, 1.82) is 0 Å². The molecular weight excluding hydrogens is 422 g/mol. The lowest BCUT2D eigenvalue weighted by Gasteiger charge is -2.31. The first kappa shape index (κ1) is 22.8. The molecule has 1 aliphatic heterocycles. The molecule has 0 amide bonds. The van der Waals surface area contributed by atoms with Crippen LogP contribution in [0.5, 0.6) is 11.5 Å². The van der Waals surface area contributed by atoms with E-state index in [9.17, 15) is 18.5 Å². The van der Waals surface area contributed by atoms with E-state index in [-0.39, 0.29) is 10.6 Å². The van der Waals surface area contributed by atoms with Crippen molar-refractivity contribution in [2.45, 2.75) is 31.7 Å². The van der Waals surface area contributed by atoms with Gasteiger partial charge in [0, 0.05) is 32.2 Å². The summed E-state index contributed by atoms with van der Waals surface area (Å²) < 4.78 is 37.6. The van der Waals surface area contributed by atoms with Crippen molar-refractivity contribution in [3.8, 4) is 11.5 Å². The number of fused-ring (bicyclic) bond motifs is 1. The topological polar surface area (TPSA) is 102 Å². The van der Waals surface area contributed by atoms with Gasteiger partial charge in [0.25, 0.3) is 5.69 Å². The van der Waals surface area contributed by atoms with Crippen molar-refractivity contribution in [2.24, 2.45) is 0 Å². The van der Waals surface area contributed by atoms with Crippen molar-refractivity contribution in [2.75, 3.05) is 38.8 Å². The van der Waals surface area contributed by atoms with E-state index in [1.54, 1.807) is 28.1 Å². The fraction of sp³-hybridized carbons (Fsp3) is 0.429. The van der Waals surface area contributed by atoms with Crippen molar-refractivity contribution in [3.05, 3.63) is 51.6 Å². The molecule has 1 heterocycles. The molecule has 0 aliphatic carbocycles. The number of anilines is 1. The zero-order chi connectivity index (χ0) is 22.8. The van der Waals surface area contributed by atoms with Gasteiger partial charge >= 0.3 is 0 Å². The molecule has 2 aromatic carbocycles. The lowest BCUT2D eigenvalue weighted by atomic mass is 9.98. The molecule has 1 aliphatic rings. The molecule has 2 aromatic rings. The summed E-state index contributed by atoms with van der Waals surface area (Å²) in [5.41, 5.74) is 2.25. The van der Waals surface area contributed by atoms with E-state index in [1.165, 1.54) is 16.4 Å². The van der Waals surface area contributed by atoms with Gasteiger partial charge in [0.15, 0.2) is 11.5 Å². The number of ether oxygens (including phenoxy) is 2. The van der Waals surface area contributed by atoms with Crippen molar-refractivity contribution >= 4 is 21.4 Å². The molecule has 0 fully saturated rings. The number of hydrogen-bond acceptors (Lipinski definition) is 7. The first-order valence-corrected chi connectivity index (χ1v) is 11.5. The third-order valence-electron chi connectivity index (χ3n) is 5.55. The van der Waals surface area contributed by atoms with Crippen LogP contribution in [0.25, 0.3) is 0 Å². The lowest BCUT2D eigenvalue weighted by molar-refractivity contribution is -0.384. The van der Waals surface area contributed by atoms with E-state index >= 15 is 0 Å². The molecule has 0 saturated carbocycles. The van der Waals surface area contributed by atoms with Gasteiger partial charge in [0.1, 0.15) is 5.69 Å². The monoisotopic (exact) mass is 449 g/mol. The molecule has 0 bridgehead atoms. The van der Waals surface area contributed by atoms with Gasteiger partial charge in [-0.15, -0.1) is 0 Å². The van der Waals surface area contributed by atoms with Crippen molar-refractivity contribution in [1.82, 2.24) is 4.31 Å². The minimum atomic E-state index is -3.79. The molecule has 31 heavy (non-hydrogen) atoms. The molecule has 0 radical (unpaired) electrons. The smallest absolute Gasteiger partial charge is 0.293 e. The largest absolute Gasteiger partial charge is 0.493 e. The zero-order valence-corrected chi connectivity index (χ0v) is 18.9. The van der Waals surface area contributed by atoms with E-state index in [4.69, 9.17) is 9.47 Å². The first-order chi connectivity index (χ1) is 14.8. The Morgan fingerprint density at radius 2 is 1.68 bits per heavy atom. The number of sulfonamides is 1. The lowest BCUT2D eigenvalue weighted by Crippen LogP contribution is -2.32. The summed E-state index contributed by atoms with van der Waals surface area (Å²) in [6.45, 7) is 5.06. The summed E-state index contributed by atoms with van der Waals surface area (Å²) in [5, 5.41) is 11.8. The highest BCUT2D eigenvalue weighted by molar-refractivity contribution is 7.89. The molecule has 168 valence electrons. The maximum absolute atomic E-state index is 12.8. The Morgan fingerprint density at radius 1 is 1.06 bits per heavy atom. The molecule has 9 nitrogen and oxygen atoms in total. The Kier molecular flexibility index (Phi) is 6.71.